The lowest BCUT2D eigenvalue weighted by molar-refractivity contribution is -0.157. The predicted octanol–water partition coefficient (Wildman–Crippen LogP) is 3.39. The Labute approximate surface area is 123 Å². The molecule has 3 unspecified atom stereocenters. The summed E-state index contributed by atoms with van der Waals surface area (Å²) < 4.78 is 5.64. The molecule has 1 heterocycles. The van der Waals surface area contributed by atoms with Gasteiger partial charge in [0, 0.05) is 19.1 Å². The van der Waals surface area contributed by atoms with E-state index in [-0.39, 0.29) is 12.1 Å². The van der Waals surface area contributed by atoms with Crippen molar-refractivity contribution in [2.24, 2.45) is 11.3 Å². The van der Waals surface area contributed by atoms with Gasteiger partial charge in [-0.15, -0.1) is 0 Å². The second kappa shape index (κ2) is 6.30. The highest BCUT2D eigenvalue weighted by Gasteiger charge is 2.30. The molecule has 0 spiro atoms. The Morgan fingerprint density at radius 3 is 2.70 bits per heavy atom. The molecule has 1 aliphatic heterocycles. The molecule has 0 radical (unpaired) electrons. The molecule has 0 saturated heterocycles. The lowest BCUT2D eigenvalue weighted by atomic mass is 9.86. The molecule has 3 heteroatoms. The van der Waals surface area contributed by atoms with E-state index in [0.29, 0.717) is 6.04 Å². The van der Waals surface area contributed by atoms with E-state index in [0.717, 1.165) is 19.0 Å². The number of ether oxygens (including phenoxy) is 1. The first-order valence-electron chi connectivity index (χ1n) is 7.98. The van der Waals surface area contributed by atoms with Crippen molar-refractivity contribution in [3.05, 3.63) is 12.2 Å². The largest absolute Gasteiger partial charge is 0.456 e. The van der Waals surface area contributed by atoms with Gasteiger partial charge >= 0.3 is 5.97 Å². The Morgan fingerprint density at radius 2 is 2.05 bits per heavy atom. The zero-order chi connectivity index (χ0) is 14.8. The first-order chi connectivity index (χ1) is 9.36. The normalized spacial score (nSPS) is 32.1. The summed E-state index contributed by atoms with van der Waals surface area (Å²) in [7, 11) is 0. The second-order valence-corrected chi connectivity index (χ2v) is 7.50. The summed E-state index contributed by atoms with van der Waals surface area (Å²) in [5, 5.41) is 0. The van der Waals surface area contributed by atoms with E-state index in [9.17, 15) is 4.79 Å². The number of rotatable bonds is 2. The molecule has 0 aromatic rings. The minimum Gasteiger partial charge on any atom is -0.456 e. The number of carbonyl (C=O) groups excluding carboxylic acids is 1. The molecule has 2 rings (SSSR count). The summed E-state index contributed by atoms with van der Waals surface area (Å²) >= 11 is 0. The second-order valence-electron chi connectivity index (χ2n) is 7.50. The maximum absolute atomic E-state index is 12.0. The van der Waals surface area contributed by atoms with Crippen molar-refractivity contribution in [3.8, 4) is 0 Å². The van der Waals surface area contributed by atoms with Crippen LogP contribution in [0.5, 0.6) is 0 Å². The van der Waals surface area contributed by atoms with Crippen LogP contribution in [0.15, 0.2) is 12.2 Å². The smallest absolute Gasteiger partial charge is 0.311 e. The molecular formula is C17H29NO2. The topological polar surface area (TPSA) is 29.5 Å². The van der Waals surface area contributed by atoms with Gasteiger partial charge in [-0.1, -0.05) is 25.8 Å². The van der Waals surface area contributed by atoms with Gasteiger partial charge in [0.25, 0.3) is 0 Å². The van der Waals surface area contributed by atoms with Crippen LogP contribution in [0.3, 0.4) is 0 Å². The van der Waals surface area contributed by atoms with Crippen LogP contribution in [0.4, 0.5) is 0 Å². The molecule has 0 amide bonds. The van der Waals surface area contributed by atoms with Gasteiger partial charge < -0.3 is 4.74 Å². The highest BCUT2D eigenvalue weighted by molar-refractivity contribution is 5.75. The van der Waals surface area contributed by atoms with E-state index in [1.807, 2.05) is 26.8 Å². The summed E-state index contributed by atoms with van der Waals surface area (Å²) in [6.45, 7) is 9.92. The van der Waals surface area contributed by atoms with Crippen molar-refractivity contribution < 1.29 is 9.53 Å². The van der Waals surface area contributed by atoms with Crippen LogP contribution in [-0.2, 0) is 9.53 Å². The molecule has 20 heavy (non-hydrogen) atoms. The highest BCUT2D eigenvalue weighted by Crippen LogP contribution is 2.28. The van der Waals surface area contributed by atoms with Crippen LogP contribution in [0.25, 0.3) is 0 Å². The van der Waals surface area contributed by atoms with Gasteiger partial charge in [0.05, 0.1) is 5.41 Å². The maximum atomic E-state index is 12.0. The first-order valence-corrected chi connectivity index (χ1v) is 7.98. The number of esters is 1. The first kappa shape index (κ1) is 15.6. The van der Waals surface area contributed by atoms with Crippen LogP contribution in [-0.4, -0.2) is 36.1 Å². The van der Waals surface area contributed by atoms with Crippen molar-refractivity contribution in [2.45, 2.75) is 65.5 Å². The molecule has 0 aromatic carbocycles. The number of carbonyl (C=O) groups is 1. The molecule has 0 bridgehead atoms. The van der Waals surface area contributed by atoms with Crippen molar-refractivity contribution in [1.82, 2.24) is 4.90 Å². The standard InChI is InChI=1S/C17H29NO2/c1-13-7-5-8-14(11-13)18-10-6-9-15(12-18)20-16(19)17(2,3)4/h6,9,13-15H,5,7-8,10-12H2,1-4H3. The fraction of sp³-hybridized carbons (Fsp3) is 0.824. The van der Waals surface area contributed by atoms with Crippen LogP contribution in [0.2, 0.25) is 0 Å². The Bertz CT molecular complexity index is 370. The minimum atomic E-state index is -0.421. The van der Waals surface area contributed by atoms with Gasteiger partial charge in [-0.25, -0.2) is 0 Å². The molecule has 0 aromatic heterocycles. The van der Waals surface area contributed by atoms with E-state index < -0.39 is 5.41 Å². The molecule has 114 valence electrons. The minimum absolute atomic E-state index is 0.0762. The number of hydrogen-bond donors (Lipinski definition) is 0. The Kier molecular flexibility index (Phi) is 4.90. The molecule has 2 aliphatic rings. The van der Waals surface area contributed by atoms with Gasteiger partial charge in [0.1, 0.15) is 6.10 Å². The van der Waals surface area contributed by atoms with E-state index in [2.05, 4.69) is 17.9 Å². The van der Waals surface area contributed by atoms with Gasteiger partial charge in [-0.05, 0) is 45.6 Å². The summed E-state index contributed by atoms with van der Waals surface area (Å²) in [4.78, 5) is 14.5. The summed E-state index contributed by atoms with van der Waals surface area (Å²) in [6.07, 6.45) is 9.40. The third kappa shape index (κ3) is 4.08. The Hall–Kier alpha value is -0.830. The van der Waals surface area contributed by atoms with Crippen LogP contribution < -0.4 is 0 Å². The summed E-state index contributed by atoms with van der Waals surface area (Å²) in [5.41, 5.74) is -0.421. The van der Waals surface area contributed by atoms with E-state index in [4.69, 9.17) is 4.74 Å². The lowest BCUT2D eigenvalue weighted by Gasteiger charge is -2.39. The third-order valence-electron chi connectivity index (χ3n) is 4.40. The molecule has 1 saturated carbocycles. The predicted molar refractivity (Wildman–Crippen MR) is 81.5 cm³/mol. The van der Waals surface area contributed by atoms with Crippen LogP contribution >= 0.6 is 0 Å². The molecule has 1 fully saturated rings. The van der Waals surface area contributed by atoms with E-state index >= 15 is 0 Å². The van der Waals surface area contributed by atoms with Crippen molar-refractivity contribution in [2.75, 3.05) is 13.1 Å². The van der Waals surface area contributed by atoms with Gasteiger partial charge in [-0.3, -0.25) is 9.69 Å². The number of nitrogens with zero attached hydrogens (tertiary/aromatic N) is 1. The molecule has 1 aliphatic carbocycles. The third-order valence-corrected chi connectivity index (χ3v) is 4.40. The van der Waals surface area contributed by atoms with Crippen LogP contribution in [0, 0.1) is 11.3 Å². The monoisotopic (exact) mass is 279 g/mol. The molecule has 3 atom stereocenters. The zero-order valence-corrected chi connectivity index (χ0v) is 13.4. The molecule has 3 nitrogen and oxygen atoms in total. The highest BCUT2D eigenvalue weighted by atomic mass is 16.5. The fourth-order valence-corrected chi connectivity index (χ4v) is 3.14. The summed E-state index contributed by atoms with van der Waals surface area (Å²) in [5.74, 6) is 0.723. The van der Waals surface area contributed by atoms with Crippen molar-refractivity contribution in [1.29, 1.82) is 0 Å². The van der Waals surface area contributed by atoms with Crippen molar-refractivity contribution in [3.63, 3.8) is 0 Å². The Balaban J connectivity index is 1.90. The average Bonchev–Trinajstić information content (AvgIpc) is 2.38. The van der Waals surface area contributed by atoms with E-state index in [1.54, 1.807) is 0 Å². The Morgan fingerprint density at radius 1 is 1.30 bits per heavy atom. The average molecular weight is 279 g/mol. The quantitative estimate of drug-likeness (QED) is 0.573. The lowest BCUT2D eigenvalue weighted by Crippen LogP contribution is -2.46. The van der Waals surface area contributed by atoms with Gasteiger partial charge in [-0.2, -0.15) is 0 Å². The maximum Gasteiger partial charge on any atom is 0.311 e. The zero-order valence-electron chi connectivity index (χ0n) is 13.4. The summed E-state index contributed by atoms with van der Waals surface area (Å²) in [6, 6.07) is 0.666. The number of hydrogen-bond acceptors (Lipinski definition) is 3. The van der Waals surface area contributed by atoms with E-state index in [1.165, 1.54) is 25.7 Å². The van der Waals surface area contributed by atoms with Gasteiger partial charge in [0.15, 0.2) is 0 Å². The molecule has 0 N–H and O–H groups in total. The SMILES string of the molecule is CC1CCCC(N2CC=CC(OC(=O)C(C)(C)C)C2)C1. The van der Waals surface area contributed by atoms with Crippen molar-refractivity contribution >= 4 is 5.97 Å². The fourth-order valence-electron chi connectivity index (χ4n) is 3.14. The molecular weight excluding hydrogens is 250 g/mol. The van der Waals surface area contributed by atoms with Gasteiger partial charge in [0.2, 0.25) is 0 Å². The van der Waals surface area contributed by atoms with Crippen LogP contribution in [0.1, 0.15) is 53.4 Å².